The number of nitro groups is 1. The van der Waals surface area contributed by atoms with E-state index in [1.165, 1.54) is 6.07 Å². The standard InChI is InChI=1S/C16H22N4O4/c1-10(2)18-16(22)11-5-6-13(14(8-11)20(23)24)19-7-3-4-12(9-19)15(17)21/h5-6,8,10,12H,3-4,7,9H2,1-2H3,(H2,17,21)(H,18,22). The number of hydrogen-bond acceptors (Lipinski definition) is 5. The van der Waals surface area contributed by atoms with Crippen LogP contribution in [0.25, 0.3) is 0 Å². The minimum atomic E-state index is -0.505. The summed E-state index contributed by atoms with van der Waals surface area (Å²) >= 11 is 0. The predicted octanol–water partition coefficient (Wildman–Crippen LogP) is 1.43. The summed E-state index contributed by atoms with van der Waals surface area (Å²) in [7, 11) is 0. The molecule has 0 bridgehead atoms. The fourth-order valence-corrected chi connectivity index (χ4v) is 2.85. The normalized spacial score (nSPS) is 17.6. The molecule has 130 valence electrons. The van der Waals surface area contributed by atoms with Crippen LogP contribution in [-0.2, 0) is 4.79 Å². The molecular weight excluding hydrogens is 312 g/mol. The largest absolute Gasteiger partial charge is 0.369 e. The molecule has 1 aliphatic rings. The Morgan fingerprint density at radius 2 is 2.12 bits per heavy atom. The van der Waals surface area contributed by atoms with Gasteiger partial charge in [0.05, 0.1) is 10.8 Å². The Balaban J connectivity index is 2.31. The monoisotopic (exact) mass is 334 g/mol. The van der Waals surface area contributed by atoms with Crippen LogP contribution < -0.4 is 16.0 Å². The number of nitro benzene ring substituents is 1. The maximum Gasteiger partial charge on any atom is 0.293 e. The van der Waals surface area contributed by atoms with Crippen molar-refractivity contribution in [3.05, 3.63) is 33.9 Å². The number of amides is 2. The fraction of sp³-hybridized carbons (Fsp3) is 0.500. The average molecular weight is 334 g/mol. The number of anilines is 1. The molecule has 3 N–H and O–H groups in total. The Morgan fingerprint density at radius 3 is 2.71 bits per heavy atom. The highest BCUT2D eigenvalue weighted by molar-refractivity contribution is 5.96. The molecule has 0 aliphatic carbocycles. The van der Waals surface area contributed by atoms with Gasteiger partial charge in [-0.15, -0.1) is 0 Å². The minimum absolute atomic E-state index is 0.0605. The molecule has 0 radical (unpaired) electrons. The molecule has 0 saturated carbocycles. The maximum atomic E-state index is 12.1. The smallest absolute Gasteiger partial charge is 0.293 e. The quantitative estimate of drug-likeness (QED) is 0.624. The molecule has 1 atom stereocenters. The molecule has 2 rings (SSSR count). The Bertz CT molecular complexity index is 659. The third kappa shape index (κ3) is 4.01. The highest BCUT2D eigenvalue weighted by atomic mass is 16.6. The van der Waals surface area contributed by atoms with Crippen LogP contribution in [0.5, 0.6) is 0 Å². The second-order valence-corrected chi connectivity index (χ2v) is 6.28. The summed E-state index contributed by atoms with van der Waals surface area (Å²) in [5.41, 5.74) is 5.87. The number of piperidine rings is 1. The van der Waals surface area contributed by atoms with E-state index in [-0.39, 0.29) is 29.1 Å². The van der Waals surface area contributed by atoms with E-state index in [2.05, 4.69) is 5.32 Å². The molecule has 1 heterocycles. The molecule has 1 aliphatic heterocycles. The van der Waals surface area contributed by atoms with E-state index >= 15 is 0 Å². The van der Waals surface area contributed by atoms with E-state index in [1.807, 2.05) is 13.8 Å². The summed E-state index contributed by atoms with van der Waals surface area (Å²) in [6, 6.07) is 4.35. The second-order valence-electron chi connectivity index (χ2n) is 6.28. The highest BCUT2D eigenvalue weighted by Gasteiger charge is 2.28. The van der Waals surface area contributed by atoms with Gasteiger partial charge >= 0.3 is 0 Å². The lowest BCUT2D eigenvalue weighted by Gasteiger charge is -2.32. The topological polar surface area (TPSA) is 119 Å². The van der Waals surface area contributed by atoms with Crippen molar-refractivity contribution in [2.75, 3.05) is 18.0 Å². The number of benzene rings is 1. The van der Waals surface area contributed by atoms with Gasteiger partial charge in [0.15, 0.2) is 0 Å². The lowest BCUT2D eigenvalue weighted by Crippen LogP contribution is -2.41. The van der Waals surface area contributed by atoms with Crippen LogP contribution in [0.3, 0.4) is 0 Å². The average Bonchev–Trinajstić information content (AvgIpc) is 2.53. The Labute approximate surface area is 140 Å². The fourth-order valence-electron chi connectivity index (χ4n) is 2.85. The lowest BCUT2D eigenvalue weighted by molar-refractivity contribution is -0.384. The molecular formula is C16H22N4O4. The molecule has 8 nitrogen and oxygen atoms in total. The van der Waals surface area contributed by atoms with Crippen molar-refractivity contribution < 1.29 is 14.5 Å². The summed E-state index contributed by atoms with van der Waals surface area (Å²) in [4.78, 5) is 36.2. The molecule has 2 amide bonds. The SMILES string of the molecule is CC(C)NC(=O)c1ccc(N2CCCC(C(N)=O)C2)c([N+](=O)[O-])c1. The van der Waals surface area contributed by atoms with E-state index in [9.17, 15) is 19.7 Å². The summed E-state index contributed by atoms with van der Waals surface area (Å²) in [6.45, 7) is 4.60. The number of nitrogens with two attached hydrogens (primary N) is 1. The zero-order chi connectivity index (χ0) is 17.9. The molecule has 1 fully saturated rings. The van der Waals surface area contributed by atoms with E-state index in [4.69, 9.17) is 5.73 Å². The van der Waals surface area contributed by atoms with Crippen molar-refractivity contribution in [1.29, 1.82) is 0 Å². The number of primary amides is 1. The van der Waals surface area contributed by atoms with Crippen LogP contribution in [0, 0.1) is 16.0 Å². The van der Waals surface area contributed by atoms with Crippen molar-refractivity contribution in [1.82, 2.24) is 5.32 Å². The van der Waals surface area contributed by atoms with Crippen molar-refractivity contribution in [3.63, 3.8) is 0 Å². The van der Waals surface area contributed by atoms with Gasteiger partial charge in [-0.1, -0.05) is 0 Å². The van der Waals surface area contributed by atoms with Gasteiger partial charge in [0.25, 0.3) is 11.6 Å². The van der Waals surface area contributed by atoms with Gasteiger partial charge in [-0.05, 0) is 38.8 Å². The number of nitrogens with one attached hydrogen (secondary N) is 1. The van der Waals surface area contributed by atoms with Gasteiger partial charge in [-0.2, -0.15) is 0 Å². The van der Waals surface area contributed by atoms with Crippen LogP contribution in [0.15, 0.2) is 18.2 Å². The number of nitrogens with zero attached hydrogens (tertiary/aromatic N) is 2. The van der Waals surface area contributed by atoms with Crippen molar-refractivity contribution in [2.24, 2.45) is 11.7 Å². The van der Waals surface area contributed by atoms with Crippen molar-refractivity contribution in [2.45, 2.75) is 32.7 Å². The molecule has 1 saturated heterocycles. The highest BCUT2D eigenvalue weighted by Crippen LogP contribution is 2.32. The van der Waals surface area contributed by atoms with Gasteiger partial charge in [-0.3, -0.25) is 19.7 Å². The van der Waals surface area contributed by atoms with Crippen molar-refractivity contribution in [3.8, 4) is 0 Å². The van der Waals surface area contributed by atoms with Gasteiger partial charge in [0.1, 0.15) is 5.69 Å². The minimum Gasteiger partial charge on any atom is -0.369 e. The summed E-state index contributed by atoms with van der Waals surface area (Å²) < 4.78 is 0. The van der Waals surface area contributed by atoms with Crippen molar-refractivity contribution >= 4 is 23.2 Å². The molecule has 1 unspecified atom stereocenters. The van der Waals surface area contributed by atoms with E-state index in [0.29, 0.717) is 25.2 Å². The first-order valence-electron chi connectivity index (χ1n) is 7.93. The Morgan fingerprint density at radius 1 is 1.42 bits per heavy atom. The summed E-state index contributed by atoms with van der Waals surface area (Å²) in [6.07, 6.45) is 1.43. The number of carbonyl (C=O) groups excluding carboxylic acids is 2. The predicted molar refractivity (Wildman–Crippen MR) is 89.8 cm³/mol. The van der Waals surface area contributed by atoms with E-state index < -0.39 is 10.8 Å². The molecule has 0 aromatic heterocycles. The third-order valence-electron chi connectivity index (χ3n) is 4.02. The maximum absolute atomic E-state index is 12.1. The first-order chi connectivity index (χ1) is 11.3. The van der Waals surface area contributed by atoms with Crippen LogP contribution in [0.1, 0.15) is 37.0 Å². The first-order valence-corrected chi connectivity index (χ1v) is 7.93. The zero-order valence-corrected chi connectivity index (χ0v) is 13.8. The van der Waals surface area contributed by atoms with E-state index in [0.717, 1.165) is 6.42 Å². The number of rotatable bonds is 5. The molecule has 1 aromatic carbocycles. The van der Waals surface area contributed by atoms with Crippen LogP contribution >= 0.6 is 0 Å². The second kappa shape index (κ2) is 7.29. The lowest BCUT2D eigenvalue weighted by atomic mass is 9.96. The first kappa shape index (κ1) is 17.7. The van der Waals surface area contributed by atoms with E-state index in [1.54, 1.807) is 17.0 Å². The zero-order valence-electron chi connectivity index (χ0n) is 13.8. The third-order valence-corrected chi connectivity index (χ3v) is 4.02. The molecule has 24 heavy (non-hydrogen) atoms. The summed E-state index contributed by atoms with van der Waals surface area (Å²) in [5.74, 6) is -1.06. The van der Waals surface area contributed by atoms with Gasteiger partial charge < -0.3 is 16.0 Å². The van der Waals surface area contributed by atoms with Crippen LogP contribution in [0.2, 0.25) is 0 Å². The number of hydrogen-bond donors (Lipinski definition) is 2. The van der Waals surface area contributed by atoms with Crippen LogP contribution in [0.4, 0.5) is 11.4 Å². The van der Waals surface area contributed by atoms with Gasteiger partial charge in [-0.25, -0.2) is 0 Å². The van der Waals surface area contributed by atoms with Crippen LogP contribution in [-0.4, -0.2) is 35.9 Å². The number of carbonyl (C=O) groups is 2. The summed E-state index contributed by atoms with van der Waals surface area (Å²) in [5, 5.41) is 14.1. The molecule has 0 spiro atoms. The molecule has 8 heteroatoms. The van der Waals surface area contributed by atoms with Gasteiger partial charge in [0.2, 0.25) is 5.91 Å². The Kier molecular flexibility index (Phi) is 5.38. The van der Waals surface area contributed by atoms with Gasteiger partial charge in [0, 0.05) is 30.8 Å². The Hall–Kier alpha value is -2.64. The molecule has 1 aromatic rings.